The molecule has 4 heterocycles. The van der Waals surface area contributed by atoms with Crippen molar-refractivity contribution in [1.29, 1.82) is 5.26 Å². The molecule has 39 heavy (non-hydrogen) atoms. The Morgan fingerprint density at radius 2 is 1.87 bits per heavy atom. The van der Waals surface area contributed by atoms with Crippen LogP contribution in [-0.4, -0.2) is 64.5 Å². The SMILES string of the molecule is CC(C)(C)OC(=O)N1CC(C)(C)c2cc(-c3ccnc(Nc4cnc(N5CCOCC5)nc4)n3)cc(C#N)c21. The number of amides is 1. The zero-order valence-corrected chi connectivity index (χ0v) is 22.9. The minimum Gasteiger partial charge on any atom is -0.443 e. The predicted octanol–water partition coefficient (Wildman–Crippen LogP) is 4.42. The number of carbonyl (C=O) groups is 1. The van der Waals surface area contributed by atoms with Gasteiger partial charge in [0.05, 0.1) is 48.2 Å². The predicted molar refractivity (Wildman–Crippen MR) is 147 cm³/mol. The zero-order chi connectivity index (χ0) is 27.8. The Morgan fingerprint density at radius 3 is 2.54 bits per heavy atom. The van der Waals surface area contributed by atoms with E-state index in [9.17, 15) is 10.1 Å². The molecule has 3 aromatic rings. The summed E-state index contributed by atoms with van der Waals surface area (Å²) in [6.45, 7) is 12.8. The normalized spacial score (nSPS) is 16.4. The first-order valence-electron chi connectivity index (χ1n) is 12.9. The van der Waals surface area contributed by atoms with E-state index in [0.29, 0.717) is 54.3 Å². The minimum atomic E-state index is -0.644. The molecular weight excluding hydrogens is 496 g/mol. The maximum Gasteiger partial charge on any atom is 0.414 e. The van der Waals surface area contributed by atoms with Crippen molar-refractivity contribution in [2.45, 2.75) is 45.6 Å². The molecular formula is C28H32N8O3. The molecule has 0 radical (unpaired) electrons. The van der Waals surface area contributed by atoms with Gasteiger partial charge in [-0.2, -0.15) is 5.26 Å². The molecule has 202 valence electrons. The second-order valence-corrected chi connectivity index (χ2v) is 11.2. The van der Waals surface area contributed by atoms with E-state index < -0.39 is 11.7 Å². The molecule has 0 bridgehead atoms. The number of morpholine rings is 1. The number of hydrogen-bond acceptors (Lipinski definition) is 10. The molecule has 0 atom stereocenters. The topological polar surface area (TPSA) is 129 Å². The molecule has 0 spiro atoms. The van der Waals surface area contributed by atoms with E-state index in [2.05, 4.69) is 50.1 Å². The second kappa shape index (κ2) is 10.1. The van der Waals surface area contributed by atoms with Crippen molar-refractivity contribution in [2.75, 3.05) is 48.0 Å². The Labute approximate surface area is 227 Å². The van der Waals surface area contributed by atoms with Gasteiger partial charge in [0.1, 0.15) is 11.7 Å². The fourth-order valence-corrected chi connectivity index (χ4v) is 4.73. The number of nitrogens with zero attached hydrogens (tertiary/aromatic N) is 7. The Morgan fingerprint density at radius 1 is 1.15 bits per heavy atom. The van der Waals surface area contributed by atoms with Crippen molar-refractivity contribution in [1.82, 2.24) is 19.9 Å². The first-order valence-corrected chi connectivity index (χ1v) is 12.9. The number of benzene rings is 1. The van der Waals surface area contributed by atoms with Gasteiger partial charge in [-0.1, -0.05) is 13.8 Å². The van der Waals surface area contributed by atoms with Crippen LogP contribution in [0, 0.1) is 11.3 Å². The average Bonchev–Trinajstić information content (AvgIpc) is 3.19. The number of fused-ring (bicyclic) bond motifs is 1. The first-order chi connectivity index (χ1) is 18.5. The largest absolute Gasteiger partial charge is 0.443 e. The summed E-state index contributed by atoms with van der Waals surface area (Å²) in [5.41, 5.74) is 2.89. The Kier molecular flexibility index (Phi) is 6.82. The molecule has 11 nitrogen and oxygen atoms in total. The molecule has 1 amide bonds. The fraction of sp³-hybridized carbons (Fsp3) is 0.429. The Hall–Kier alpha value is -4.30. The van der Waals surface area contributed by atoms with Crippen molar-refractivity contribution in [2.24, 2.45) is 0 Å². The van der Waals surface area contributed by atoms with E-state index in [4.69, 9.17) is 9.47 Å². The molecule has 0 unspecified atom stereocenters. The third-order valence-corrected chi connectivity index (χ3v) is 6.54. The fourth-order valence-electron chi connectivity index (χ4n) is 4.73. The maximum atomic E-state index is 13.0. The van der Waals surface area contributed by atoms with Crippen LogP contribution in [0.1, 0.15) is 45.7 Å². The van der Waals surface area contributed by atoms with Crippen molar-refractivity contribution in [3.63, 3.8) is 0 Å². The van der Waals surface area contributed by atoms with Crippen molar-refractivity contribution in [3.8, 4) is 17.3 Å². The highest BCUT2D eigenvalue weighted by Gasteiger charge is 2.42. The third kappa shape index (κ3) is 5.61. The second-order valence-electron chi connectivity index (χ2n) is 11.2. The molecule has 0 saturated carbocycles. The van der Waals surface area contributed by atoms with Gasteiger partial charge in [-0.3, -0.25) is 4.90 Å². The van der Waals surface area contributed by atoms with E-state index in [1.54, 1.807) is 35.6 Å². The smallest absolute Gasteiger partial charge is 0.414 e. The molecule has 1 fully saturated rings. The van der Waals surface area contributed by atoms with E-state index in [-0.39, 0.29) is 5.41 Å². The van der Waals surface area contributed by atoms with Crippen LogP contribution < -0.4 is 15.1 Å². The van der Waals surface area contributed by atoms with Gasteiger partial charge < -0.3 is 19.7 Å². The van der Waals surface area contributed by atoms with Crippen LogP contribution in [0.2, 0.25) is 0 Å². The highest BCUT2D eigenvalue weighted by Crippen LogP contribution is 2.45. The molecule has 2 aliphatic rings. The molecule has 1 aromatic carbocycles. The van der Waals surface area contributed by atoms with Gasteiger partial charge in [0, 0.05) is 36.8 Å². The van der Waals surface area contributed by atoms with Gasteiger partial charge in [-0.05, 0) is 44.5 Å². The molecule has 1 saturated heterocycles. The molecule has 1 N–H and O–H groups in total. The quantitative estimate of drug-likeness (QED) is 0.519. The van der Waals surface area contributed by atoms with Crippen molar-refractivity contribution >= 4 is 29.4 Å². The lowest BCUT2D eigenvalue weighted by Gasteiger charge is -2.26. The summed E-state index contributed by atoms with van der Waals surface area (Å²) in [6.07, 6.45) is 4.59. The number of nitrogens with one attached hydrogen (secondary N) is 1. The Bertz CT molecular complexity index is 1420. The van der Waals surface area contributed by atoms with Crippen molar-refractivity contribution < 1.29 is 14.3 Å². The Balaban J connectivity index is 1.42. The lowest BCUT2D eigenvalue weighted by molar-refractivity contribution is 0.0579. The van der Waals surface area contributed by atoms with Crippen LogP contribution in [0.3, 0.4) is 0 Å². The number of anilines is 4. The van der Waals surface area contributed by atoms with Crippen LogP contribution in [0.5, 0.6) is 0 Å². The van der Waals surface area contributed by atoms with Gasteiger partial charge in [-0.25, -0.2) is 24.7 Å². The molecule has 0 aliphatic carbocycles. The lowest BCUT2D eigenvalue weighted by Crippen LogP contribution is -2.38. The summed E-state index contributed by atoms with van der Waals surface area (Å²) in [5, 5.41) is 13.2. The standard InChI is InChI=1S/C28H32N8O3/c1-27(2,3)39-26(37)36-17-28(4,5)21-13-18(12-19(14-29)23(21)36)22-6-7-30-24(34-22)33-20-15-31-25(32-16-20)35-8-10-38-11-9-35/h6-7,12-13,15-16H,8-11,17H2,1-5H3,(H,30,33,34). The van der Waals surface area contributed by atoms with Gasteiger partial charge in [0.2, 0.25) is 11.9 Å². The maximum absolute atomic E-state index is 13.0. The molecule has 2 aromatic heterocycles. The van der Waals surface area contributed by atoms with E-state index >= 15 is 0 Å². The minimum absolute atomic E-state index is 0.379. The van der Waals surface area contributed by atoms with Gasteiger partial charge >= 0.3 is 6.09 Å². The third-order valence-electron chi connectivity index (χ3n) is 6.54. The summed E-state index contributed by atoms with van der Waals surface area (Å²) < 4.78 is 11.0. The summed E-state index contributed by atoms with van der Waals surface area (Å²) in [7, 11) is 0. The first kappa shape index (κ1) is 26.3. The molecule has 5 rings (SSSR count). The highest BCUT2D eigenvalue weighted by molar-refractivity contribution is 5.94. The number of aromatic nitrogens is 4. The van der Waals surface area contributed by atoms with Crippen LogP contribution in [-0.2, 0) is 14.9 Å². The van der Waals surface area contributed by atoms with Crippen molar-refractivity contribution in [3.05, 3.63) is 47.9 Å². The van der Waals surface area contributed by atoms with E-state index in [1.807, 2.05) is 26.8 Å². The lowest BCUT2D eigenvalue weighted by atomic mass is 9.85. The number of hydrogen-bond donors (Lipinski definition) is 1. The van der Waals surface area contributed by atoms with Crippen LogP contribution in [0.4, 0.5) is 28.1 Å². The summed E-state index contributed by atoms with van der Waals surface area (Å²) >= 11 is 0. The monoisotopic (exact) mass is 528 g/mol. The highest BCUT2D eigenvalue weighted by atomic mass is 16.6. The number of nitriles is 1. The average molecular weight is 529 g/mol. The summed E-state index contributed by atoms with van der Waals surface area (Å²) in [5.74, 6) is 1.03. The van der Waals surface area contributed by atoms with Crippen LogP contribution in [0.25, 0.3) is 11.3 Å². The zero-order valence-electron chi connectivity index (χ0n) is 22.9. The van der Waals surface area contributed by atoms with E-state index in [0.717, 1.165) is 24.2 Å². The van der Waals surface area contributed by atoms with Gasteiger partial charge in [0.15, 0.2) is 0 Å². The van der Waals surface area contributed by atoms with Gasteiger partial charge in [-0.15, -0.1) is 0 Å². The molecule has 2 aliphatic heterocycles. The van der Waals surface area contributed by atoms with E-state index in [1.165, 1.54) is 0 Å². The summed E-state index contributed by atoms with van der Waals surface area (Å²) in [6, 6.07) is 7.81. The number of rotatable bonds is 4. The van der Waals surface area contributed by atoms with Gasteiger partial charge in [0.25, 0.3) is 0 Å². The van der Waals surface area contributed by atoms with Crippen LogP contribution >= 0.6 is 0 Å². The van der Waals surface area contributed by atoms with Crippen LogP contribution in [0.15, 0.2) is 36.8 Å². The number of carbonyl (C=O) groups excluding carboxylic acids is 1. The molecule has 11 heteroatoms. The summed E-state index contributed by atoms with van der Waals surface area (Å²) in [4.78, 5) is 34.6. The number of ether oxygens (including phenoxy) is 2.